The molecule has 1 heterocycles. The maximum atomic E-state index is 5.24. The van der Waals surface area contributed by atoms with Gasteiger partial charge in [0.1, 0.15) is 0 Å². The van der Waals surface area contributed by atoms with Gasteiger partial charge < -0.3 is 9.80 Å². The molecule has 0 saturated carbocycles. The summed E-state index contributed by atoms with van der Waals surface area (Å²) in [5.74, 6) is 0. The number of hydrogen-bond donors (Lipinski definition) is 0. The minimum absolute atomic E-state index is 0.0261. The fourth-order valence-electron chi connectivity index (χ4n) is 5.86. The van der Waals surface area contributed by atoms with Gasteiger partial charge in [-0.05, 0) is 119 Å². The van der Waals surface area contributed by atoms with Gasteiger partial charge in [0.25, 0.3) is 0 Å². The number of nitrogens with zero attached hydrogens (tertiary/aromatic N) is 4. The van der Waals surface area contributed by atoms with Crippen LogP contribution in [0.1, 0.15) is 44.2 Å². The SMILES string of the molecule is CC=CC(=CC)N(C1=CCCC=C1)c1ccc2c(c1)=NC1=CC(N(c3cccc(C)c3)c3cccc(C)c3)=CCC1N=2. The first-order chi connectivity index (χ1) is 20.5. The van der Waals surface area contributed by atoms with Crippen LogP contribution in [-0.4, -0.2) is 6.04 Å². The van der Waals surface area contributed by atoms with Gasteiger partial charge in [0.15, 0.2) is 0 Å². The molecule has 0 saturated heterocycles. The van der Waals surface area contributed by atoms with Gasteiger partial charge in [-0.2, -0.15) is 0 Å². The number of hydrogen-bond acceptors (Lipinski definition) is 4. The number of aryl methyl sites for hydroxylation is 2. The Bertz CT molecular complexity index is 1770. The maximum Gasteiger partial charge on any atom is 0.0963 e. The smallest absolute Gasteiger partial charge is 0.0963 e. The highest BCUT2D eigenvalue weighted by molar-refractivity contribution is 5.71. The van der Waals surface area contributed by atoms with Crippen LogP contribution >= 0.6 is 0 Å². The Morgan fingerprint density at radius 2 is 1.57 bits per heavy atom. The Labute approximate surface area is 249 Å². The highest BCUT2D eigenvalue weighted by Crippen LogP contribution is 2.35. The first-order valence-corrected chi connectivity index (χ1v) is 14.9. The van der Waals surface area contributed by atoms with Gasteiger partial charge in [-0.15, -0.1) is 0 Å². The van der Waals surface area contributed by atoms with Gasteiger partial charge >= 0.3 is 0 Å². The van der Waals surface area contributed by atoms with E-state index in [9.17, 15) is 0 Å². The molecule has 0 N–H and O–H groups in total. The Morgan fingerprint density at radius 1 is 0.810 bits per heavy atom. The Balaban J connectivity index is 1.43. The second-order valence-corrected chi connectivity index (χ2v) is 11.0. The summed E-state index contributed by atoms with van der Waals surface area (Å²) < 4.78 is 0. The Hall–Kier alpha value is -4.70. The maximum absolute atomic E-state index is 5.24. The van der Waals surface area contributed by atoms with Crippen molar-refractivity contribution in [1.82, 2.24) is 0 Å². The summed E-state index contributed by atoms with van der Waals surface area (Å²) in [6, 6.07) is 23.9. The number of allylic oxidation sites excluding steroid dienone is 7. The molecule has 4 heteroatoms. The fraction of sp³-hybridized carbons (Fsp3) is 0.211. The van der Waals surface area contributed by atoms with Crippen LogP contribution in [0, 0.1) is 13.8 Å². The van der Waals surface area contributed by atoms with Gasteiger partial charge in [0.05, 0.1) is 22.5 Å². The third-order valence-corrected chi connectivity index (χ3v) is 7.85. The molecule has 0 amide bonds. The Morgan fingerprint density at radius 3 is 2.21 bits per heavy atom. The lowest BCUT2D eigenvalue weighted by Gasteiger charge is -2.31. The molecular formula is C38H38N4. The molecule has 210 valence electrons. The molecule has 1 atom stereocenters. The van der Waals surface area contributed by atoms with Gasteiger partial charge in [-0.1, -0.05) is 54.6 Å². The van der Waals surface area contributed by atoms with Crippen LogP contribution in [-0.2, 0) is 0 Å². The van der Waals surface area contributed by atoms with Crippen molar-refractivity contribution >= 4 is 17.1 Å². The molecule has 0 spiro atoms. The van der Waals surface area contributed by atoms with Crippen molar-refractivity contribution in [3.8, 4) is 0 Å². The van der Waals surface area contributed by atoms with E-state index in [1.54, 1.807) is 0 Å². The largest absolute Gasteiger partial charge is 0.311 e. The normalized spacial score (nSPS) is 17.8. The highest BCUT2D eigenvalue weighted by Gasteiger charge is 2.24. The van der Waals surface area contributed by atoms with Crippen LogP contribution in [0.4, 0.5) is 17.1 Å². The lowest BCUT2D eigenvalue weighted by atomic mass is 10.0. The van der Waals surface area contributed by atoms with Crippen molar-refractivity contribution in [3.05, 3.63) is 160 Å². The minimum atomic E-state index is 0.0261. The van der Waals surface area contributed by atoms with E-state index in [1.807, 2.05) is 0 Å². The van der Waals surface area contributed by atoms with Crippen molar-refractivity contribution < 1.29 is 0 Å². The lowest BCUT2D eigenvalue weighted by molar-refractivity contribution is 0.707. The second kappa shape index (κ2) is 12.0. The third-order valence-electron chi connectivity index (χ3n) is 7.85. The number of fused-ring (bicyclic) bond motifs is 2. The fourth-order valence-corrected chi connectivity index (χ4v) is 5.86. The van der Waals surface area contributed by atoms with E-state index >= 15 is 0 Å². The monoisotopic (exact) mass is 550 g/mol. The molecule has 6 rings (SSSR count). The summed E-state index contributed by atoms with van der Waals surface area (Å²) in [7, 11) is 0. The molecule has 1 aliphatic heterocycles. The van der Waals surface area contributed by atoms with Crippen LogP contribution in [0.3, 0.4) is 0 Å². The first-order valence-electron chi connectivity index (χ1n) is 14.9. The highest BCUT2D eigenvalue weighted by atomic mass is 15.2. The molecule has 4 nitrogen and oxygen atoms in total. The van der Waals surface area contributed by atoms with E-state index in [2.05, 4.69) is 153 Å². The summed E-state index contributed by atoms with van der Waals surface area (Å²) in [6.45, 7) is 8.44. The Kier molecular flexibility index (Phi) is 7.87. The van der Waals surface area contributed by atoms with Crippen molar-refractivity contribution in [1.29, 1.82) is 0 Å². The quantitative estimate of drug-likeness (QED) is 0.276. The summed E-state index contributed by atoms with van der Waals surface area (Å²) in [6.07, 6.45) is 20.7. The zero-order valence-corrected chi connectivity index (χ0v) is 25.0. The van der Waals surface area contributed by atoms with Crippen molar-refractivity contribution in [2.45, 2.75) is 53.0 Å². The molecule has 42 heavy (non-hydrogen) atoms. The molecule has 3 aliphatic rings. The number of benzene rings is 3. The summed E-state index contributed by atoms with van der Waals surface area (Å²) >= 11 is 0. The molecule has 0 fully saturated rings. The molecule has 0 bridgehead atoms. The average Bonchev–Trinajstić information content (AvgIpc) is 3.00. The van der Waals surface area contributed by atoms with Crippen LogP contribution in [0.5, 0.6) is 0 Å². The van der Waals surface area contributed by atoms with E-state index in [1.165, 1.54) is 16.8 Å². The predicted octanol–water partition coefficient (Wildman–Crippen LogP) is 8.45. The molecule has 1 unspecified atom stereocenters. The molecule has 0 aromatic heterocycles. The van der Waals surface area contributed by atoms with Gasteiger partial charge in [0, 0.05) is 34.2 Å². The topological polar surface area (TPSA) is 31.2 Å². The second-order valence-electron chi connectivity index (χ2n) is 11.0. The molecular weight excluding hydrogens is 512 g/mol. The van der Waals surface area contributed by atoms with Gasteiger partial charge in [-0.3, -0.25) is 4.99 Å². The van der Waals surface area contributed by atoms with Crippen LogP contribution in [0.25, 0.3) is 0 Å². The predicted molar refractivity (Wildman–Crippen MR) is 175 cm³/mol. The van der Waals surface area contributed by atoms with E-state index in [-0.39, 0.29) is 6.04 Å². The molecule has 0 radical (unpaired) electrons. The third kappa shape index (κ3) is 5.58. The van der Waals surface area contributed by atoms with Crippen molar-refractivity contribution in [2.75, 3.05) is 9.80 Å². The van der Waals surface area contributed by atoms with Crippen LogP contribution in [0.2, 0.25) is 0 Å². The molecule has 2 aliphatic carbocycles. The molecule has 3 aromatic carbocycles. The minimum Gasteiger partial charge on any atom is -0.311 e. The average molecular weight is 551 g/mol. The zero-order valence-electron chi connectivity index (χ0n) is 25.0. The number of rotatable bonds is 7. The summed E-state index contributed by atoms with van der Waals surface area (Å²) in [4.78, 5) is 15.0. The van der Waals surface area contributed by atoms with E-state index < -0.39 is 0 Å². The summed E-state index contributed by atoms with van der Waals surface area (Å²) in [5, 5.41) is 1.86. The lowest BCUT2D eigenvalue weighted by Crippen LogP contribution is -2.35. The van der Waals surface area contributed by atoms with Crippen LogP contribution < -0.4 is 20.5 Å². The molecule has 3 aromatic rings. The van der Waals surface area contributed by atoms with Crippen LogP contribution in [0.15, 0.2) is 148 Å². The van der Waals surface area contributed by atoms with Gasteiger partial charge in [0.2, 0.25) is 0 Å². The number of anilines is 3. The first kappa shape index (κ1) is 27.5. The zero-order chi connectivity index (χ0) is 29.1. The van der Waals surface area contributed by atoms with E-state index in [0.29, 0.717) is 0 Å². The standard InChI is InChI=1S/C38H38N4/c1-5-12-29(6-2)41(30-15-8-7-9-16-30)33-19-21-35-37(25-33)40-38-26-34(20-22-36(38)39-35)42(31-17-10-13-27(3)23-31)32-18-11-14-28(4)24-32/h5-6,8,10-21,23-26,36H,7,9,22H2,1-4H3. The van der Waals surface area contributed by atoms with Gasteiger partial charge in [-0.25, -0.2) is 4.99 Å². The summed E-state index contributed by atoms with van der Waals surface area (Å²) in [5.41, 5.74) is 10.3. The van der Waals surface area contributed by atoms with E-state index in [0.717, 1.165) is 64.1 Å². The van der Waals surface area contributed by atoms with E-state index in [4.69, 9.17) is 9.98 Å². The van der Waals surface area contributed by atoms with Crippen molar-refractivity contribution in [2.24, 2.45) is 9.98 Å². The van der Waals surface area contributed by atoms with Crippen molar-refractivity contribution in [3.63, 3.8) is 0 Å².